The third-order valence-corrected chi connectivity index (χ3v) is 6.52. The van der Waals surface area contributed by atoms with Crippen LogP contribution in [0.5, 0.6) is 0 Å². The van der Waals surface area contributed by atoms with Crippen molar-refractivity contribution in [2.75, 3.05) is 0 Å². The van der Waals surface area contributed by atoms with Gasteiger partial charge in [-0.3, -0.25) is 18.7 Å². The van der Waals surface area contributed by atoms with Crippen molar-refractivity contribution in [2.45, 2.75) is 52.6 Å². The molecule has 146 valence electrons. The lowest BCUT2D eigenvalue weighted by Crippen LogP contribution is -2.31. The number of nitrogens with one attached hydrogen (secondary N) is 1. The monoisotopic (exact) mass is 398 g/mol. The average molecular weight is 398 g/mol. The maximum absolute atomic E-state index is 12.6. The van der Waals surface area contributed by atoms with E-state index in [4.69, 9.17) is 9.97 Å². The second-order valence-electron chi connectivity index (χ2n) is 7.55. The van der Waals surface area contributed by atoms with Crippen LogP contribution < -0.4 is 11.2 Å². The Morgan fingerprint density at radius 2 is 2.04 bits per heavy atom. The van der Waals surface area contributed by atoms with Gasteiger partial charge in [0.15, 0.2) is 16.1 Å². The van der Waals surface area contributed by atoms with E-state index in [0.717, 1.165) is 23.0 Å². The summed E-state index contributed by atoms with van der Waals surface area (Å²) in [5.74, 6) is 1.35. The molecule has 8 nitrogen and oxygen atoms in total. The standard InChI is InChI=1S/C19H22N6O2S/c1-3-24-16-15(17(26)22-18(24)27)25(9-12-5-4-6-12)14(21-16)7-13-10-23-8-11(2)28-19(23)20-13/h8,10,12H,3-7,9H2,1-2H3,(H,22,26,27). The first-order valence-corrected chi connectivity index (χ1v) is 10.5. The van der Waals surface area contributed by atoms with Crippen LogP contribution in [0.25, 0.3) is 16.1 Å². The molecule has 4 heterocycles. The van der Waals surface area contributed by atoms with Gasteiger partial charge in [-0.25, -0.2) is 14.8 Å². The van der Waals surface area contributed by atoms with Crippen molar-refractivity contribution in [1.29, 1.82) is 0 Å². The topological polar surface area (TPSA) is 90.0 Å². The van der Waals surface area contributed by atoms with Crippen LogP contribution in [0, 0.1) is 12.8 Å². The third kappa shape index (κ3) is 2.72. The first kappa shape index (κ1) is 17.4. The fourth-order valence-corrected chi connectivity index (χ4v) is 4.81. The Kier molecular flexibility index (Phi) is 4.01. The molecule has 0 radical (unpaired) electrons. The minimum atomic E-state index is -0.405. The lowest BCUT2D eigenvalue weighted by molar-refractivity contribution is 0.277. The molecule has 1 saturated carbocycles. The van der Waals surface area contributed by atoms with Gasteiger partial charge >= 0.3 is 5.69 Å². The number of thiazole rings is 1. The highest BCUT2D eigenvalue weighted by atomic mass is 32.1. The highest BCUT2D eigenvalue weighted by molar-refractivity contribution is 7.16. The highest BCUT2D eigenvalue weighted by Crippen LogP contribution is 2.30. The van der Waals surface area contributed by atoms with Gasteiger partial charge in [-0.15, -0.1) is 11.3 Å². The van der Waals surface area contributed by atoms with Crippen LogP contribution in [-0.2, 0) is 19.5 Å². The van der Waals surface area contributed by atoms with Crippen LogP contribution in [-0.4, -0.2) is 28.5 Å². The average Bonchev–Trinajstić information content (AvgIpc) is 3.22. The molecule has 0 bridgehead atoms. The molecule has 28 heavy (non-hydrogen) atoms. The molecule has 4 aromatic heterocycles. The summed E-state index contributed by atoms with van der Waals surface area (Å²) in [5, 5.41) is 0. The highest BCUT2D eigenvalue weighted by Gasteiger charge is 2.24. The Morgan fingerprint density at radius 3 is 2.71 bits per heavy atom. The zero-order chi connectivity index (χ0) is 19.4. The molecule has 0 spiro atoms. The van der Waals surface area contributed by atoms with Gasteiger partial charge in [0, 0.05) is 36.8 Å². The SMILES string of the molecule is CCn1c(=O)[nH]c(=O)c2c1nc(Cc1cn3cc(C)sc3n1)n2CC1CCC1. The Bertz CT molecular complexity index is 1270. The molecular weight excluding hydrogens is 376 g/mol. The summed E-state index contributed by atoms with van der Waals surface area (Å²) in [5.41, 5.74) is 1.13. The van der Waals surface area contributed by atoms with Crippen molar-refractivity contribution >= 4 is 27.5 Å². The molecule has 1 N–H and O–H groups in total. The summed E-state index contributed by atoms with van der Waals surface area (Å²) in [4.78, 5) is 38.9. The molecule has 1 aliphatic rings. The van der Waals surface area contributed by atoms with Gasteiger partial charge in [0.2, 0.25) is 0 Å². The molecule has 5 rings (SSSR count). The van der Waals surface area contributed by atoms with Crippen molar-refractivity contribution in [1.82, 2.24) is 28.5 Å². The minimum Gasteiger partial charge on any atom is -0.322 e. The molecular formula is C19H22N6O2S. The zero-order valence-corrected chi connectivity index (χ0v) is 16.8. The first-order chi connectivity index (χ1) is 13.5. The molecule has 1 fully saturated rings. The van der Waals surface area contributed by atoms with Crippen LogP contribution in [0.2, 0.25) is 0 Å². The van der Waals surface area contributed by atoms with E-state index < -0.39 is 5.69 Å². The van der Waals surface area contributed by atoms with Gasteiger partial charge in [0.05, 0.1) is 5.69 Å². The van der Waals surface area contributed by atoms with E-state index in [0.29, 0.717) is 30.0 Å². The Morgan fingerprint density at radius 1 is 1.21 bits per heavy atom. The van der Waals surface area contributed by atoms with Crippen LogP contribution in [0.3, 0.4) is 0 Å². The number of aryl methyl sites for hydroxylation is 2. The van der Waals surface area contributed by atoms with E-state index in [1.165, 1.54) is 28.7 Å². The number of hydrogen-bond donors (Lipinski definition) is 1. The number of aromatic amines is 1. The van der Waals surface area contributed by atoms with Crippen molar-refractivity contribution in [3.8, 4) is 0 Å². The molecule has 1 aliphatic carbocycles. The van der Waals surface area contributed by atoms with Crippen LogP contribution in [0.4, 0.5) is 0 Å². The number of imidazole rings is 2. The number of fused-ring (bicyclic) bond motifs is 2. The van der Waals surface area contributed by atoms with E-state index in [2.05, 4.69) is 18.1 Å². The quantitative estimate of drug-likeness (QED) is 0.559. The van der Waals surface area contributed by atoms with Gasteiger partial charge < -0.3 is 4.57 Å². The Labute approximate surface area is 164 Å². The number of aromatic nitrogens is 6. The maximum Gasteiger partial charge on any atom is 0.330 e. The summed E-state index contributed by atoms with van der Waals surface area (Å²) < 4.78 is 5.58. The molecule has 4 aromatic rings. The van der Waals surface area contributed by atoms with Crippen molar-refractivity contribution in [2.24, 2.45) is 5.92 Å². The summed E-state index contributed by atoms with van der Waals surface area (Å²) >= 11 is 1.65. The van der Waals surface area contributed by atoms with Gasteiger partial charge in [0.25, 0.3) is 5.56 Å². The summed E-state index contributed by atoms with van der Waals surface area (Å²) in [6, 6.07) is 0. The van der Waals surface area contributed by atoms with Crippen molar-refractivity contribution in [3.05, 3.63) is 49.6 Å². The maximum atomic E-state index is 12.6. The molecule has 0 amide bonds. The number of H-pyrrole nitrogens is 1. The third-order valence-electron chi connectivity index (χ3n) is 5.61. The lowest BCUT2D eigenvalue weighted by Gasteiger charge is -2.26. The molecule has 0 unspecified atom stereocenters. The van der Waals surface area contributed by atoms with Crippen molar-refractivity contribution < 1.29 is 0 Å². The fourth-order valence-electron chi connectivity index (χ4n) is 3.98. The second kappa shape index (κ2) is 6.44. The van der Waals surface area contributed by atoms with Crippen LogP contribution >= 0.6 is 11.3 Å². The normalized spacial score (nSPS) is 14.9. The van der Waals surface area contributed by atoms with Crippen LogP contribution in [0.1, 0.15) is 42.6 Å². The number of rotatable bonds is 5. The van der Waals surface area contributed by atoms with Gasteiger partial charge in [-0.05, 0) is 32.6 Å². The molecule has 0 atom stereocenters. The molecule has 0 aliphatic heterocycles. The van der Waals surface area contributed by atoms with Gasteiger partial charge in [-0.1, -0.05) is 6.42 Å². The van der Waals surface area contributed by atoms with Gasteiger partial charge in [0.1, 0.15) is 5.82 Å². The Hall–Kier alpha value is -2.68. The van der Waals surface area contributed by atoms with E-state index >= 15 is 0 Å². The van der Waals surface area contributed by atoms with E-state index in [-0.39, 0.29) is 5.56 Å². The lowest BCUT2D eigenvalue weighted by atomic mass is 9.85. The first-order valence-electron chi connectivity index (χ1n) is 9.69. The van der Waals surface area contributed by atoms with Gasteiger partial charge in [-0.2, -0.15) is 0 Å². The second-order valence-corrected chi connectivity index (χ2v) is 8.77. The minimum absolute atomic E-state index is 0.357. The number of hydrogen-bond acceptors (Lipinski definition) is 5. The largest absolute Gasteiger partial charge is 0.330 e. The summed E-state index contributed by atoms with van der Waals surface area (Å²) in [6.45, 7) is 5.17. The molecule has 0 saturated heterocycles. The fraction of sp³-hybridized carbons (Fsp3) is 0.474. The predicted molar refractivity (Wildman–Crippen MR) is 108 cm³/mol. The number of nitrogens with zero attached hydrogens (tertiary/aromatic N) is 5. The molecule has 9 heteroatoms. The zero-order valence-electron chi connectivity index (χ0n) is 15.9. The molecule has 0 aromatic carbocycles. The smallest absolute Gasteiger partial charge is 0.322 e. The van der Waals surface area contributed by atoms with E-state index in [1.54, 1.807) is 11.3 Å². The Balaban J connectivity index is 1.65. The summed E-state index contributed by atoms with van der Waals surface area (Å²) in [7, 11) is 0. The van der Waals surface area contributed by atoms with Crippen LogP contribution in [0.15, 0.2) is 22.0 Å². The van der Waals surface area contributed by atoms with E-state index in [9.17, 15) is 9.59 Å². The van der Waals surface area contributed by atoms with E-state index in [1.807, 2.05) is 22.1 Å². The summed E-state index contributed by atoms with van der Waals surface area (Å²) in [6.07, 6.45) is 8.19. The predicted octanol–water partition coefficient (Wildman–Crippen LogP) is 2.31. The van der Waals surface area contributed by atoms with Crippen molar-refractivity contribution in [3.63, 3.8) is 0 Å².